The topological polar surface area (TPSA) is 9.23 Å². The average Bonchev–Trinajstić information content (AvgIpc) is 2.70. The third-order valence-corrected chi connectivity index (χ3v) is 6.67. The zero-order valence-electron chi connectivity index (χ0n) is 12.0. The molecule has 0 bridgehead atoms. The van der Waals surface area contributed by atoms with Gasteiger partial charge in [0.1, 0.15) is 11.9 Å². The number of hydrogen-bond acceptors (Lipinski definition) is 1. The summed E-state index contributed by atoms with van der Waals surface area (Å²) in [5.41, 5.74) is 1.54. The van der Waals surface area contributed by atoms with Gasteiger partial charge in [-0.05, 0) is 43.9 Å². The van der Waals surface area contributed by atoms with Crippen molar-refractivity contribution in [1.82, 2.24) is 0 Å². The molecule has 0 N–H and O–H groups in total. The summed E-state index contributed by atoms with van der Waals surface area (Å²) in [5.74, 6) is 0.861. The van der Waals surface area contributed by atoms with Crippen molar-refractivity contribution in [1.29, 1.82) is 0 Å². The smallest absolute Gasteiger partial charge is 0.138 e. The predicted octanol–water partition coefficient (Wildman–Crippen LogP) is 5.90. The molecule has 0 saturated heterocycles. The Morgan fingerprint density at radius 2 is 1.90 bits per heavy atom. The lowest BCUT2D eigenvalue weighted by Gasteiger charge is -2.53. The van der Waals surface area contributed by atoms with Crippen LogP contribution in [0.4, 0.5) is 0 Å². The van der Waals surface area contributed by atoms with Crippen molar-refractivity contribution in [3.05, 3.63) is 28.8 Å². The maximum Gasteiger partial charge on any atom is 0.138 e. The summed E-state index contributed by atoms with van der Waals surface area (Å²) in [5, 5.41) is 0.734. The van der Waals surface area contributed by atoms with Crippen LogP contribution in [-0.4, -0.2) is 10.9 Å². The van der Waals surface area contributed by atoms with Gasteiger partial charge in [-0.15, -0.1) is 0 Å². The van der Waals surface area contributed by atoms with Gasteiger partial charge < -0.3 is 4.74 Å². The van der Waals surface area contributed by atoms with E-state index >= 15 is 0 Å². The highest BCUT2D eigenvalue weighted by molar-refractivity contribution is 9.09. The molecule has 3 rings (SSSR count). The molecule has 2 fully saturated rings. The number of benzene rings is 1. The zero-order chi connectivity index (χ0) is 14.2. The molecule has 0 amide bonds. The van der Waals surface area contributed by atoms with Gasteiger partial charge in [-0.2, -0.15) is 0 Å². The van der Waals surface area contributed by atoms with Crippen molar-refractivity contribution in [3.63, 3.8) is 0 Å². The SMILES string of the molecule is Cc1ccc(Cl)c(OC2CC(Br)C23CCCCCC3)c1. The molecule has 1 spiro atoms. The van der Waals surface area contributed by atoms with Crippen LogP contribution in [0, 0.1) is 12.3 Å². The number of rotatable bonds is 2. The summed E-state index contributed by atoms with van der Waals surface area (Å²) in [4.78, 5) is 0.613. The lowest BCUT2D eigenvalue weighted by Crippen LogP contribution is -2.56. The van der Waals surface area contributed by atoms with Gasteiger partial charge in [0.2, 0.25) is 0 Å². The van der Waals surface area contributed by atoms with Crippen LogP contribution >= 0.6 is 27.5 Å². The largest absolute Gasteiger partial charge is 0.488 e. The Bertz CT molecular complexity index is 480. The Morgan fingerprint density at radius 3 is 2.55 bits per heavy atom. The van der Waals surface area contributed by atoms with E-state index in [1.54, 1.807) is 0 Å². The first-order chi connectivity index (χ1) is 9.62. The Hall–Kier alpha value is -0.210. The Balaban J connectivity index is 1.78. The highest BCUT2D eigenvalue weighted by atomic mass is 79.9. The molecule has 2 unspecified atom stereocenters. The average molecular weight is 358 g/mol. The second kappa shape index (κ2) is 5.88. The van der Waals surface area contributed by atoms with E-state index in [4.69, 9.17) is 16.3 Å². The Kier molecular flexibility index (Phi) is 4.33. The standard InChI is InChI=1S/C17H22BrClO/c1-12-6-7-13(19)14(10-12)20-16-11-15(18)17(16)8-4-2-3-5-9-17/h6-7,10,15-16H,2-5,8-9,11H2,1H3. The van der Waals surface area contributed by atoms with Gasteiger partial charge in [0.05, 0.1) is 5.02 Å². The summed E-state index contributed by atoms with van der Waals surface area (Å²) in [7, 11) is 0. The first-order valence-electron chi connectivity index (χ1n) is 7.69. The molecule has 2 aliphatic rings. The number of alkyl halides is 1. The molecule has 1 aromatic carbocycles. The van der Waals surface area contributed by atoms with Gasteiger partial charge in [-0.25, -0.2) is 0 Å². The van der Waals surface area contributed by atoms with E-state index < -0.39 is 0 Å². The van der Waals surface area contributed by atoms with E-state index in [0.29, 0.717) is 16.3 Å². The van der Waals surface area contributed by atoms with E-state index in [0.717, 1.165) is 17.2 Å². The summed E-state index contributed by atoms with van der Waals surface area (Å²) in [6.45, 7) is 2.08. The van der Waals surface area contributed by atoms with Crippen LogP contribution in [0.5, 0.6) is 5.75 Å². The second-order valence-electron chi connectivity index (χ2n) is 6.39. The number of aryl methyl sites for hydroxylation is 1. The van der Waals surface area contributed by atoms with Crippen molar-refractivity contribution in [2.75, 3.05) is 0 Å². The molecule has 110 valence electrons. The van der Waals surface area contributed by atoms with Crippen LogP contribution in [-0.2, 0) is 0 Å². The van der Waals surface area contributed by atoms with Crippen molar-refractivity contribution in [2.45, 2.75) is 62.8 Å². The molecule has 0 radical (unpaired) electrons. The van der Waals surface area contributed by atoms with E-state index in [-0.39, 0.29) is 0 Å². The summed E-state index contributed by atoms with van der Waals surface area (Å²) in [6, 6.07) is 6.04. The highest BCUT2D eigenvalue weighted by Crippen LogP contribution is 2.56. The molecule has 0 heterocycles. The molecule has 2 aliphatic carbocycles. The van der Waals surface area contributed by atoms with Crippen LogP contribution < -0.4 is 4.74 Å². The van der Waals surface area contributed by atoms with E-state index in [2.05, 4.69) is 28.9 Å². The molecule has 2 atom stereocenters. The molecule has 20 heavy (non-hydrogen) atoms. The molecular formula is C17H22BrClO. The van der Waals surface area contributed by atoms with Gasteiger partial charge in [-0.3, -0.25) is 0 Å². The first-order valence-corrected chi connectivity index (χ1v) is 8.98. The van der Waals surface area contributed by atoms with Crippen LogP contribution in [0.25, 0.3) is 0 Å². The quantitative estimate of drug-likeness (QED) is 0.598. The van der Waals surface area contributed by atoms with Gasteiger partial charge in [0.25, 0.3) is 0 Å². The van der Waals surface area contributed by atoms with Crippen LogP contribution in [0.2, 0.25) is 5.02 Å². The highest BCUT2D eigenvalue weighted by Gasteiger charge is 2.55. The Morgan fingerprint density at radius 1 is 1.20 bits per heavy atom. The fraction of sp³-hybridized carbons (Fsp3) is 0.647. The van der Waals surface area contributed by atoms with Crippen molar-refractivity contribution in [3.8, 4) is 5.75 Å². The van der Waals surface area contributed by atoms with Gasteiger partial charge in [0.15, 0.2) is 0 Å². The van der Waals surface area contributed by atoms with Crippen LogP contribution in [0.1, 0.15) is 50.5 Å². The van der Waals surface area contributed by atoms with Crippen molar-refractivity contribution in [2.24, 2.45) is 5.41 Å². The number of halogens is 2. The minimum Gasteiger partial charge on any atom is -0.488 e. The lowest BCUT2D eigenvalue weighted by molar-refractivity contribution is -0.0461. The van der Waals surface area contributed by atoms with Gasteiger partial charge in [-0.1, -0.05) is 59.3 Å². The van der Waals surface area contributed by atoms with E-state index in [9.17, 15) is 0 Å². The molecule has 1 nitrogen and oxygen atoms in total. The van der Waals surface area contributed by atoms with Crippen molar-refractivity contribution < 1.29 is 4.74 Å². The summed E-state index contributed by atoms with van der Waals surface area (Å²) < 4.78 is 6.32. The Labute approximate surface area is 135 Å². The minimum absolute atomic E-state index is 0.323. The van der Waals surface area contributed by atoms with Crippen LogP contribution in [0.3, 0.4) is 0 Å². The molecule has 0 aromatic heterocycles. The fourth-order valence-electron chi connectivity index (χ4n) is 3.74. The van der Waals surface area contributed by atoms with E-state index in [1.165, 1.54) is 44.1 Å². The fourth-order valence-corrected chi connectivity index (χ4v) is 4.99. The van der Waals surface area contributed by atoms with Crippen LogP contribution in [0.15, 0.2) is 18.2 Å². The normalized spacial score (nSPS) is 28.8. The third-order valence-electron chi connectivity index (χ3n) is 5.08. The minimum atomic E-state index is 0.323. The lowest BCUT2D eigenvalue weighted by atomic mass is 9.61. The molecule has 2 saturated carbocycles. The third kappa shape index (κ3) is 2.62. The first kappa shape index (κ1) is 14.7. The number of ether oxygens (including phenoxy) is 1. The molecule has 3 heteroatoms. The maximum absolute atomic E-state index is 6.32. The summed E-state index contributed by atoms with van der Waals surface area (Å²) >= 11 is 10.2. The van der Waals surface area contributed by atoms with Gasteiger partial charge >= 0.3 is 0 Å². The summed E-state index contributed by atoms with van der Waals surface area (Å²) in [6.07, 6.45) is 9.42. The van der Waals surface area contributed by atoms with Crippen molar-refractivity contribution >= 4 is 27.5 Å². The zero-order valence-corrected chi connectivity index (χ0v) is 14.3. The molecule has 1 aromatic rings. The predicted molar refractivity (Wildman–Crippen MR) is 88.1 cm³/mol. The van der Waals surface area contributed by atoms with Gasteiger partial charge in [0, 0.05) is 10.2 Å². The van der Waals surface area contributed by atoms with E-state index in [1.807, 2.05) is 12.1 Å². The second-order valence-corrected chi connectivity index (χ2v) is 7.90. The molecule has 0 aliphatic heterocycles. The molecular weight excluding hydrogens is 336 g/mol. The maximum atomic E-state index is 6.32. The number of hydrogen-bond donors (Lipinski definition) is 0. The monoisotopic (exact) mass is 356 g/mol.